The summed E-state index contributed by atoms with van der Waals surface area (Å²) in [6.45, 7) is 2.01. The maximum atomic E-state index is 12.1. The molecule has 1 aliphatic carbocycles. The zero-order valence-corrected chi connectivity index (χ0v) is 13.2. The smallest absolute Gasteiger partial charge is 0.319 e. The van der Waals surface area contributed by atoms with Crippen molar-refractivity contribution in [3.63, 3.8) is 0 Å². The largest absolute Gasteiger partial charge is 0.480 e. The van der Waals surface area contributed by atoms with E-state index >= 15 is 0 Å². The molecule has 2 atom stereocenters. The summed E-state index contributed by atoms with van der Waals surface area (Å²) in [6.07, 6.45) is 3.81. The van der Waals surface area contributed by atoms with E-state index in [4.69, 9.17) is 11.6 Å². The number of carbonyl (C=O) groups is 2. The highest BCUT2D eigenvalue weighted by atomic mass is 35.5. The van der Waals surface area contributed by atoms with Crippen LogP contribution in [0.1, 0.15) is 18.9 Å². The number of nitrogens with one attached hydrogen (secondary N) is 1. The molecular weight excluding hydrogens is 318 g/mol. The number of hydrogen-bond donors (Lipinski definition) is 2. The Hall–Kier alpha value is -2.34. The fourth-order valence-corrected chi connectivity index (χ4v) is 2.79. The molecule has 6 nitrogen and oxygen atoms in total. The predicted molar refractivity (Wildman–Crippen MR) is 84.3 cm³/mol. The Labute approximate surface area is 138 Å². The topological polar surface area (TPSA) is 84.2 Å². The number of carboxylic acid groups (broad SMARTS) is 1. The molecule has 1 aliphatic rings. The minimum absolute atomic E-state index is 0.128. The van der Waals surface area contributed by atoms with E-state index in [1.165, 1.54) is 0 Å². The number of hydrogen-bond acceptors (Lipinski definition) is 3. The minimum Gasteiger partial charge on any atom is -0.480 e. The van der Waals surface area contributed by atoms with Crippen LogP contribution in [-0.2, 0) is 16.1 Å². The molecule has 120 valence electrons. The summed E-state index contributed by atoms with van der Waals surface area (Å²) in [6, 6.07) is 7.21. The van der Waals surface area contributed by atoms with Crippen molar-refractivity contribution in [2.45, 2.75) is 19.9 Å². The lowest BCUT2D eigenvalue weighted by Crippen LogP contribution is -2.37. The lowest BCUT2D eigenvalue weighted by atomic mass is 10.0. The number of benzene rings is 1. The van der Waals surface area contributed by atoms with Gasteiger partial charge < -0.3 is 10.4 Å². The number of amides is 1. The van der Waals surface area contributed by atoms with Crippen molar-refractivity contribution in [2.75, 3.05) is 0 Å². The third-order valence-electron chi connectivity index (χ3n) is 4.28. The van der Waals surface area contributed by atoms with Crippen LogP contribution >= 0.6 is 11.6 Å². The Bertz CT molecular complexity index is 756. The molecule has 7 heteroatoms. The van der Waals surface area contributed by atoms with Gasteiger partial charge in [0.15, 0.2) is 0 Å². The van der Waals surface area contributed by atoms with Crippen molar-refractivity contribution < 1.29 is 14.7 Å². The molecule has 1 heterocycles. The van der Waals surface area contributed by atoms with Gasteiger partial charge in [0.1, 0.15) is 5.41 Å². The molecule has 0 aliphatic heterocycles. The van der Waals surface area contributed by atoms with Crippen LogP contribution < -0.4 is 5.32 Å². The first-order valence-electron chi connectivity index (χ1n) is 7.24. The van der Waals surface area contributed by atoms with Crippen LogP contribution in [0.15, 0.2) is 36.7 Å². The van der Waals surface area contributed by atoms with Crippen LogP contribution in [0.25, 0.3) is 5.69 Å². The summed E-state index contributed by atoms with van der Waals surface area (Å²) in [5, 5.41) is 16.8. The summed E-state index contributed by atoms with van der Waals surface area (Å²) in [5.41, 5.74) is 0.388. The van der Waals surface area contributed by atoms with Crippen molar-refractivity contribution >= 4 is 23.5 Å². The van der Waals surface area contributed by atoms with Gasteiger partial charge in [-0.25, -0.2) is 4.68 Å². The average molecular weight is 334 g/mol. The molecule has 0 spiro atoms. The lowest BCUT2D eigenvalue weighted by Gasteiger charge is -2.11. The van der Waals surface area contributed by atoms with E-state index in [0.29, 0.717) is 11.4 Å². The highest BCUT2D eigenvalue weighted by Gasteiger charge is 2.63. The third kappa shape index (κ3) is 2.82. The van der Waals surface area contributed by atoms with E-state index in [9.17, 15) is 14.7 Å². The number of aromatic nitrogens is 2. The Morgan fingerprint density at radius 2 is 2.09 bits per heavy atom. The predicted octanol–water partition coefficient (Wildman–Crippen LogP) is 2.25. The van der Waals surface area contributed by atoms with Crippen LogP contribution in [0.5, 0.6) is 0 Å². The number of nitrogens with zero attached hydrogens (tertiary/aromatic N) is 2. The first kappa shape index (κ1) is 15.6. The molecule has 2 aromatic rings. The molecule has 1 saturated carbocycles. The Balaban J connectivity index is 1.65. The van der Waals surface area contributed by atoms with Gasteiger partial charge in [0.05, 0.1) is 11.9 Å². The number of carbonyl (C=O) groups excluding carboxylic acids is 1. The van der Waals surface area contributed by atoms with E-state index in [0.717, 1.165) is 11.3 Å². The van der Waals surface area contributed by atoms with Gasteiger partial charge in [-0.05, 0) is 36.6 Å². The average Bonchev–Trinajstić information content (AvgIpc) is 3.00. The first-order valence-corrected chi connectivity index (χ1v) is 7.62. The van der Waals surface area contributed by atoms with E-state index in [1.807, 2.05) is 12.1 Å². The second-order valence-corrected chi connectivity index (χ2v) is 6.27. The Morgan fingerprint density at radius 1 is 1.43 bits per heavy atom. The summed E-state index contributed by atoms with van der Waals surface area (Å²) in [4.78, 5) is 23.4. The Kier molecular flexibility index (Phi) is 3.85. The van der Waals surface area contributed by atoms with Crippen molar-refractivity contribution in [1.82, 2.24) is 15.1 Å². The van der Waals surface area contributed by atoms with E-state index in [-0.39, 0.29) is 12.5 Å². The van der Waals surface area contributed by atoms with Crippen LogP contribution in [0.3, 0.4) is 0 Å². The molecule has 3 rings (SSSR count). The molecule has 0 saturated heterocycles. The standard InChI is InChI=1S/C16H16ClN3O3/c1-10-6-16(10,15(22)23)14(21)18-7-11-8-19-20(9-11)13-4-2-12(17)3-5-13/h2-5,8-10H,6-7H2,1H3,(H,18,21)(H,22,23). The summed E-state index contributed by atoms with van der Waals surface area (Å²) in [5.74, 6) is -1.62. The van der Waals surface area contributed by atoms with Gasteiger partial charge >= 0.3 is 5.97 Å². The van der Waals surface area contributed by atoms with Gasteiger partial charge in [-0.3, -0.25) is 9.59 Å². The summed E-state index contributed by atoms with van der Waals surface area (Å²) < 4.78 is 1.67. The summed E-state index contributed by atoms with van der Waals surface area (Å²) >= 11 is 5.85. The van der Waals surface area contributed by atoms with E-state index < -0.39 is 17.3 Å². The second kappa shape index (κ2) is 5.70. The molecule has 1 amide bonds. The zero-order chi connectivity index (χ0) is 16.6. The number of carboxylic acids is 1. The molecule has 0 bridgehead atoms. The normalized spacial score (nSPS) is 22.6. The number of halogens is 1. The Morgan fingerprint density at radius 3 is 2.65 bits per heavy atom. The highest BCUT2D eigenvalue weighted by molar-refractivity contribution is 6.30. The molecule has 0 radical (unpaired) electrons. The molecule has 1 aromatic carbocycles. The van der Waals surface area contributed by atoms with E-state index in [2.05, 4.69) is 10.4 Å². The van der Waals surface area contributed by atoms with Crippen LogP contribution in [-0.4, -0.2) is 26.8 Å². The van der Waals surface area contributed by atoms with Crippen molar-refractivity contribution in [1.29, 1.82) is 0 Å². The fraction of sp³-hybridized carbons (Fsp3) is 0.312. The third-order valence-corrected chi connectivity index (χ3v) is 4.53. The van der Waals surface area contributed by atoms with Gasteiger partial charge in [-0.2, -0.15) is 5.10 Å². The van der Waals surface area contributed by atoms with Crippen LogP contribution in [0, 0.1) is 11.3 Å². The molecule has 1 aromatic heterocycles. The van der Waals surface area contributed by atoms with Gasteiger partial charge in [-0.1, -0.05) is 18.5 Å². The highest BCUT2D eigenvalue weighted by Crippen LogP contribution is 2.52. The second-order valence-electron chi connectivity index (χ2n) is 5.83. The van der Waals surface area contributed by atoms with Crippen molar-refractivity contribution in [2.24, 2.45) is 11.3 Å². The maximum Gasteiger partial charge on any atom is 0.319 e. The van der Waals surface area contributed by atoms with Gasteiger partial charge in [-0.15, -0.1) is 0 Å². The minimum atomic E-state index is -1.26. The van der Waals surface area contributed by atoms with Gasteiger partial charge in [0.2, 0.25) is 5.91 Å². The zero-order valence-electron chi connectivity index (χ0n) is 12.5. The number of rotatable bonds is 5. The fourth-order valence-electron chi connectivity index (χ4n) is 2.66. The van der Waals surface area contributed by atoms with Gasteiger partial charge in [0, 0.05) is 23.3 Å². The monoisotopic (exact) mass is 333 g/mol. The summed E-state index contributed by atoms with van der Waals surface area (Å²) in [7, 11) is 0. The SMILES string of the molecule is CC1CC1(C(=O)O)C(=O)NCc1cnn(-c2ccc(Cl)cc2)c1. The molecule has 23 heavy (non-hydrogen) atoms. The molecule has 2 N–H and O–H groups in total. The molecule has 2 unspecified atom stereocenters. The maximum absolute atomic E-state index is 12.1. The van der Waals surface area contributed by atoms with Crippen LogP contribution in [0.4, 0.5) is 0 Å². The lowest BCUT2D eigenvalue weighted by molar-refractivity contribution is -0.149. The van der Waals surface area contributed by atoms with Crippen molar-refractivity contribution in [3.05, 3.63) is 47.2 Å². The first-order chi connectivity index (χ1) is 10.9. The van der Waals surface area contributed by atoms with Crippen molar-refractivity contribution in [3.8, 4) is 5.69 Å². The molecular formula is C16H16ClN3O3. The van der Waals surface area contributed by atoms with E-state index in [1.54, 1.807) is 36.1 Å². The quantitative estimate of drug-likeness (QED) is 0.822. The molecule has 1 fully saturated rings. The number of aliphatic carboxylic acids is 1. The van der Waals surface area contributed by atoms with Crippen LogP contribution in [0.2, 0.25) is 5.02 Å². The van der Waals surface area contributed by atoms with Gasteiger partial charge in [0.25, 0.3) is 0 Å².